The SMILES string of the molecule is COc1ccc(-c2nc(CN3C(=O)N[C@H](C(C)C)C3=O)cs2)cc1OC. The van der Waals surface area contributed by atoms with Gasteiger partial charge in [0, 0.05) is 10.9 Å². The molecule has 26 heavy (non-hydrogen) atoms. The Morgan fingerprint density at radius 1 is 1.23 bits per heavy atom. The molecule has 1 saturated heterocycles. The van der Waals surface area contributed by atoms with Gasteiger partial charge in [-0.15, -0.1) is 11.3 Å². The van der Waals surface area contributed by atoms with Gasteiger partial charge in [0.1, 0.15) is 11.0 Å². The quantitative estimate of drug-likeness (QED) is 0.785. The molecular formula is C18H21N3O4S. The van der Waals surface area contributed by atoms with E-state index >= 15 is 0 Å². The molecule has 2 aromatic rings. The maximum atomic E-state index is 12.4. The van der Waals surface area contributed by atoms with E-state index in [1.54, 1.807) is 14.2 Å². The summed E-state index contributed by atoms with van der Waals surface area (Å²) in [7, 11) is 3.17. The highest BCUT2D eigenvalue weighted by Crippen LogP contribution is 2.33. The van der Waals surface area contributed by atoms with E-state index in [4.69, 9.17) is 9.47 Å². The Morgan fingerprint density at radius 2 is 1.96 bits per heavy atom. The first-order chi connectivity index (χ1) is 12.4. The Hall–Kier alpha value is -2.61. The number of nitrogens with zero attached hydrogens (tertiary/aromatic N) is 2. The molecule has 1 aliphatic heterocycles. The van der Waals surface area contributed by atoms with Crippen LogP contribution in [0.1, 0.15) is 19.5 Å². The van der Waals surface area contributed by atoms with Crippen molar-refractivity contribution in [1.29, 1.82) is 0 Å². The van der Waals surface area contributed by atoms with E-state index in [2.05, 4.69) is 10.3 Å². The predicted molar refractivity (Wildman–Crippen MR) is 98.4 cm³/mol. The van der Waals surface area contributed by atoms with Gasteiger partial charge in [-0.1, -0.05) is 13.8 Å². The number of rotatable bonds is 6. The lowest BCUT2D eigenvalue weighted by Crippen LogP contribution is -2.34. The van der Waals surface area contributed by atoms with Gasteiger partial charge in [-0.25, -0.2) is 9.78 Å². The molecule has 1 aromatic heterocycles. The predicted octanol–water partition coefficient (Wildman–Crippen LogP) is 2.90. The molecule has 3 rings (SSSR count). The summed E-state index contributed by atoms with van der Waals surface area (Å²) in [6.45, 7) is 3.98. The van der Waals surface area contributed by atoms with Crippen LogP contribution in [0.15, 0.2) is 23.6 Å². The van der Waals surface area contributed by atoms with Gasteiger partial charge in [0.25, 0.3) is 5.91 Å². The van der Waals surface area contributed by atoms with Gasteiger partial charge in [-0.3, -0.25) is 9.69 Å². The number of amides is 3. The number of methoxy groups -OCH3 is 2. The number of nitrogens with one attached hydrogen (secondary N) is 1. The van der Waals surface area contributed by atoms with Crippen molar-refractivity contribution in [1.82, 2.24) is 15.2 Å². The number of aromatic nitrogens is 1. The fourth-order valence-corrected chi connectivity index (χ4v) is 3.59. The van der Waals surface area contributed by atoms with Gasteiger partial charge < -0.3 is 14.8 Å². The van der Waals surface area contributed by atoms with Crippen LogP contribution in [-0.4, -0.2) is 42.1 Å². The van der Waals surface area contributed by atoms with Crippen LogP contribution >= 0.6 is 11.3 Å². The molecule has 1 fully saturated rings. The zero-order valence-corrected chi connectivity index (χ0v) is 15.9. The van der Waals surface area contributed by atoms with E-state index in [9.17, 15) is 9.59 Å². The van der Waals surface area contributed by atoms with Crippen molar-refractivity contribution >= 4 is 23.3 Å². The van der Waals surface area contributed by atoms with Crippen molar-refractivity contribution < 1.29 is 19.1 Å². The van der Waals surface area contributed by atoms with Gasteiger partial charge in [0.15, 0.2) is 11.5 Å². The standard InChI is InChI=1S/C18H21N3O4S/c1-10(2)15-17(22)21(18(23)20-15)8-12-9-26-16(19-12)11-5-6-13(24-3)14(7-11)25-4/h5-7,9-10,15H,8H2,1-4H3,(H,20,23)/t15-/m1/s1. The Balaban J connectivity index is 1.78. The largest absolute Gasteiger partial charge is 0.493 e. The fourth-order valence-electron chi connectivity index (χ4n) is 2.79. The van der Waals surface area contributed by atoms with Crippen LogP contribution in [0.3, 0.4) is 0 Å². The lowest BCUT2D eigenvalue weighted by Gasteiger charge is -2.13. The number of carbonyl (C=O) groups excluding carboxylic acids is 2. The summed E-state index contributed by atoms with van der Waals surface area (Å²) in [5.74, 6) is 1.11. The molecule has 0 radical (unpaired) electrons. The van der Waals surface area contributed by atoms with Crippen molar-refractivity contribution in [3.63, 3.8) is 0 Å². The highest BCUT2D eigenvalue weighted by Gasteiger charge is 2.39. The molecule has 7 nitrogen and oxygen atoms in total. The minimum Gasteiger partial charge on any atom is -0.493 e. The minimum absolute atomic E-state index is 0.0502. The van der Waals surface area contributed by atoms with Gasteiger partial charge in [0.2, 0.25) is 0 Å². The third-order valence-corrected chi connectivity index (χ3v) is 5.17. The molecule has 1 atom stereocenters. The zero-order chi connectivity index (χ0) is 18.8. The summed E-state index contributed by atoms with van der Waals surface area (Å²) in [5.41, 5.74) is 1.56. The molecule has 0 aliphatic carbocycles. The third-order valence-electron chi connectivity index (χ3n) is 4.23. The molecule has 2 heterocycles. The molecule has 1 aromatic carbocycles. The second-order valence-electron chi connectivity index (χ2n) is 6.31. The first-order valence-corrected chi connectivity index (χ1v) is 9.11. The van der Waals surface area contributed by atoms with Crippen molar-refractivity contribution in [3.8, 4) is 22.1 Å². The van der Waals surface area contributed by atoms with Crippen LogP contribution in [0.5, 0.6) is 11.5 Å². The van der Waals surface area contributed by atoms with E-state index in [1.807, 2.05) is 37.4 Å². The van der Waals surface area contributed by atoms with Gasteiger partial charge in [-0.2, -0.15) is 0 Å². The maximum Gasteiger partial charge on any atom is 0.325 e. The molecule has 0 saturated carbocycles. The van der Waals surface area contributed by atoms with E-state index in [0.717, 1.165) is 10.6 Å². The van der Waals surface area contributed by atoms with E-state index in [-0.39, 0.29) is 24.4 Å². The number of carbonyl (C=O) groups is 2. The molecule has 3 amide bonds. The number of ether oxygens (including phenoxy) is 2. The first kappa shape index (κ1) is 18.2. The molecule has 0 bridgehead atoms. The van der Waals surface area contributed by atoms with Crippen molar-refractivity contribution in [3.05, 3.63) is 29.3 Å². The monoisotopic (exact) mass is 375 g/mol. The Bertz CT molecular complexity index is 834. The summed E-state index contributed by atoms with van der Waals surface area (Å²) in [6, 6.07) is 4.73. The van der Waals surface area contributed by atoms with Crippen LogP contribution in [0.25, 0.3) is 10.6 Å². The lowest BCUT2D eigenvalue weighted by molar-refractivity contribution is -0.128. The molecule has 1 aliphatic rings. The molecule has 0 unspecified atom stereocenters. The average molecular weight is 375 g/mol. The third kappa shape index (κ3) is 3.37. The van der Waals surface area contributed by atoms with Gasteiger partial charge in [-0.05, 0) is 24.1 Å². The number of urea groups is 1. The van der Waals surface area contributed by atoms with Crippen molar-refractivity contribution in [2.45, 2.75) is 26.4 Å². The zero-order valence-electron chi connectivity index (χ0n) is 15.1. The van der Waals surface area contributed by atoms with Crippen LogP contribution in [0, 0.1) is 5.92 Å². The average Bonchev–Trinajstić information content (AvgIpc) is 3.21. The first-order valence-electron chi connectivity index (χ1n) is 8.23. The number of thiazole rings is 1. The molecule has 1 N–H and O–H groups in total. The second kappa shape index (κ2) is 7.33. The van der Waals surface area contributed by atoms with E-state index in [0.29, 0.717) is 17.2 Å². The molecule has 0 spiro atoms. The summed E-state index contributed by atoms with van der Waals surface area (Å²) < 4.78 is 10.6. The Morgan fingerprint density at radius 3 is 2.58 bits per heavy atom. The summed E-state index contributed by atoms with van der Waals surface area (Å²) in [4.78, 5) is 30.2. The maximum absolute atomic E-state index is 12.4. The normalized spacial score (nSPS) is 17.0. The topological polar surface area (TPSA) is 80.8 Å². The molecule has 138 valence electrons. The van der Waals surface area contributed by atoms with Gasteiger partial charge in [0.05, 0.1) is 26.5 Å². The minimum atomic E-state index is -0.466. The summed E-state index contributed by atoms with van der Waals surface area (Å²) in [6.07, 6.45) is 0. The second-order valence-corrected chi connectivity index (χ2v) is 7.17. The summed E-state index contributed by atoms with van der Waals surface area (Å²) >= 11 is 1.45. The van der Waals surface area contributed by atoms with Crippen molar-refractivity contribution in [2.75, 3.05) is 14.2 Å². The van der Waals surface area contributed by atoms with Gasteiger partial charge >= 0.3 is 6.03 Å². The van der Waals surface area contributed by atoms with Crippen LogP contribution < -0.4 is 14.8 Å². The van der Waals surface area contributed by atoms with E-state index < -0.39 is 6.04 Å². The lowest BCUT2D eigenvalue weighted by atomic mass is 10.1. The Kier molecular flexibility index (Phi) is 5.13. The van der Waals surface area contributed by atoms with Crippen LogP contribution in [-0.2, 0) is 11.3 Å². The molecular weight excluding hydrogens is 354 g/mol. The number of imide groups is 1. The van der Waals surface area contributed by atoms with Crippen LogP contribution in [0.4, 0.5) is 4.79 Å². The number of hydrogen-bond acceptors (Lipinski definition) is 6. The fraction of sp³-hybridized carbons (Fsp3) is 0.389. The number of hydrogen-bond donors (Lipinski definition) is 1. The van der Waals surface area contributed by atoms with E-state index in [1.165, 1.54) is 16.2 Å². The molecule has 8 heteroatoms. The van der Waals surface area contributed by atoms with Crippen LogP contribution in [0.2, 0.25) is 0 Å². The highest BCUT2D eigenvalue weighted by molar-refractivity contribution is 7.13. The smallest absolute Gasteiger partial charge is 0.325 e. The summed E-state index contributed by atoms with van der Waals surface area (Å²) in [5, 5.41) is 5.36. The Labute approximate surface area is 155 Å². The highest BCUT2D eigenvalue weighted by atomic mass is 32.1. The number of benzene rings is 1. The van der Waals surface area contributed by atoms with Crippen molar-refractivity contribution in [2.24, 2.45) is 5.92 Å².